The van der Waals surface area contributed by atoms with Gasteiger partial charge in [0.15, 0.2) is 0 Å². The van der Waals surface area contributed by atoms with Gasteiger partial charge in [0.25, 0.3) is 0 Å². The van der Waals surface area contributed by atoms with Gasteiger partial charge >= 0.3 is 29.6 Å². The molecule has 0 aliphatic carbocycles. The van der Waals surface area contributed by atoms with Crippen LogP contribution in [0.4, 0.5) is 0 Å². The Hall–Kier alpha value is 0.800. The van der Waals surface area contributed by atoms with Crippen molar-refractivity contribution in [2.24, 2.45) is 0 Å². The van der Waals surface area contributed by atoms with E-state index in [1.54, 1.807) is 14.2 Å². The van der Waals surface area contributed by atoms with Gasteiger partial charge in [-0.2, -0.15) is 0 Å². The van der Waals surface area contributed by atoms with Crippen molar-refractivity contribution in [2.75, 3.05) is 40.6 Å². The van der Waals surface area contributed by atoms with E-state index >= 15 is 0 Å². The normalized spacial score (nSPS) is 9.50. The summed E-state index contributed by atoms with van der Waals surface area (Å²) in [5.74, 6) is 0. The Balaban J connectivity index is 0. The Kier molecular flexibility index (Phi) is 18.2. The van der Waals surface area contributed by atoms with Crippen molar-refractivity contribution in [1.29, 1.82) is 0 Å². The van der Waals surface area contributed by atoms with Gasteiger partial charge in [-0.3, -0.25) is 9.68 Å². The van der Waals surface area contributed by atoms with Gasteiger partial charge in [0.2, 0.25) is 0 Å². The van der Waals surface area contributed by atoms with Gasteiger partial charge in [-0.05, 0) is 0 Å². The van der Waals surface area contributed by atoms with Crippen molar-refractivity contribution in [2.45, 2.75) is 0 Å². The SMILES string of the molecule is COCCONOCCOC.[Na+]. The van der Waals surface area contributed by atoms with Crippen molar-refractivity contribution in [3.63, 3.8) is 0 Å². The molecule has 12 heavy (non-hydrogen) atoms. The van der Waals surface area contributed by atoms with E-state index in [0.717, 1.165) is 0 Å². The topological polar surface area (TPSA) is 49.0 Å². The van der Waals surface area contributed by atoms with Crippen LogP contribution in [-0.4, -0.2) is 40.6 Å². The first-order valence-electron chi connectivity index (χ1n) is 3.38. The molecule has 0 aromatic carbocycles. The quantitative estimate of drug-likeness (QED) is 0.246. The van der Waals surface area contributed by atoms with Crippen LogP contribution in [-0.2, 0) is 19.1 Å². The van der Waals surface area contributed by atoms with Crippen molar-refractivity contribution in [1.82, 2.24) is 5.64 Å². The molecule has 0 spiro atoms. The van der Waals surface area contributed by atoms with Crippen LogP contribution in [0.15, 0.2) is 0 Å². The van der Waals surface area contributed by atoms with Crippen LogP contribution in [0, 0.1) is 0 Å². The van der Waals surface area contributed by atoms with Crippen LogP contribution in [0.3, 0.4) is 0 Å². The van der Waals surface area contributed by atoms with Crippen molar-refractivity contribution in [3.05, 3.63) is 0 Å². The maximum absolute atomic E-state index is 4.77. The first-order valence-corrected chi connectivity index (χ1v) is 3.38. The summed E-state index contributed by atoms with van der Waals surface area (Å²) >= 11 is 0. The maximum atomic E-state index is 4.77. The largest absolute Gasteiger partial charge is 1.00 e. The maximum Gasteiger partial charge on any atom is 1.00 e. The Morgan fingerprint density at radius 1 is 0.833 bits per heavy atom. The van der Waals surface area contributed by atoms with Crippen LogP contribution in [0.1, 0.15) is 0 Å². The second-order valence-electron chi connectivity index (χ2n) is 1.77. The summed E-state index contributed by atoms with van der Waals surface area (Å²) in [7, 11) is 3.21. The average molecular weight is 188 g/mol. The van der Waals surface area contributed by atoms with Gasteiger partial charge < -0.3 is 9.47 Å². The average Bonchev–Trinajstić information content (AvgIpc) is 2.03. The number of rotatable bonds is 8. The van der Waals surface area contributed by atoms with E-state index in [2.05, 4.69) is 5.64 Å². The van der Waals surface area contributed by atoms with Gasteiger partial charge in [0.1, 0.15) is 0 Å². The van der Waals surface area contributed by atoms with Gasteiger partial charge in [0.05, 0.1) is 26.4 Å². The molecular weight excluding hydrogens is 173 g/mol. The molecule has 0 radical (unpaired) electrons. The van der Waals surface area contributed by atoms with Crippen LogP contribution >= 0.6 is 0 Å². The Labute approximate surface area is 94.9 Å². The van der Waals surface area contributed by atoms with Gasteiger partial charge in [-0.25, -0.2) is 0 Å². The zero-order valence-electron chi connectivity index (χ0n) is 7.96. The molecule has 0 aromatic rings. The summed E-state index contributed by atoms with van der Waals surface area (Å²) in [6.07, 6.45) is 0. The third-order valence-electron chi connectivity index (χ3n) is 0.897. The molecule has 6 heteroatoms. The fourth-order valence-corrected chi connectivity index (χ4v) is 0.375. The zero-order valence-corrected chi connectivity index (χ0v) is 9.96. The van der Waals surface area contributed by atoms with Crippen LogP contribution in [0.5, 0.6) is 0 Å². The molecule has 0 heterocycles. The van der Waals surface area contributed by atoms with Crippen LogP contribution < -0.4 is 35.2 Å². The Morgan fingerprint density at radius 3 is 1.58 bits per heavy atom. The molecule has 0 atom stereocenters. The summed E-state index contributed by atoms with van der Waals surface area (Å²) in [6, 6.07) is 0. The molecule has 1 N–H and O–H groups in total. The van der Waals surface area contributed by atoms with Gasteiger partial charge in [-0.15, -0.1) is 0 Å². The minimum atomic E-state index is 0. The molecule has 0 saturated carbocycles. The third kappa shape index (κ3) is 13.4. The predicted molar refractivity (Wildman–Crippen MR) is 38.8 cm³/mol. The molecule has 0 bridgehead atoms. The number of methoxy groups -OCH3 is 2. The van der Waals surface area contributed by atoms with Crippen LogP contribution in [0.2, 0.25) is 0 Å². The molecule has 0 fully saturated rings. The number of hydrogen-bond donors (Lipinski definition) is 1. The fourth-order valence-electron chi connectivity index (χ4n) is 0.375. The molecule has 0 rings (SSSR count). The van der Waals surface area contributed by atoms with Crippen molar-refractivity contribution in [3.8, 4) is 0 Å². The third-order valence-corrected chi connectivity index (χ3v) is 0.897. The molecule has 0 aliphatic heterocycles. The fraction of sp³-hybridized carbons (Fsp3) is 1.00. The Morgan fingerprint density at radius 2 is 1.25 bits per heavy atom. The van der Waals surface area contributed by atoms with Gasteiger partial charge in [0, 0.05) is 14.2 Å². The summed E-state index contributed by atoms with van der Waals surface area (Å²) in [5.41, 5.74) is 2.30. The molecule has 0 aromatic heterocycles. The number of hydrogen-bond acceptors (Lipinski definition) is 5. The van der Waals surface area contributed by atoms with Crippen molar-refractivity contribution < 1.29 is 48.7 Å². The molecule has 0 amide bonds. The standard InChI is InChI=1S/C6H15NO4.Na/c1-8-3-5-10-7-11-6-4-9-2;/h7H,3-6H2,1-2H3;/q;+1. The van der Waals surface area contributed by atoms with E-state index in [1.807, 2.05) is 0 Å². The molecule has 5 nitrogen and oxygen atoms in total. The molecule has 0 saturated heterocycles. The summed E-state index contributed by atoms with van der Waals surface area (Å²) in [6.45, 7) is 2.01. The second kappa shape index (κ2) is 14.3. The molecule has 0 unspecified atom stereocenters. The molecule has 68 valence electrons. The predicted octanol–water partition coefficient (Wildman–Crippen LogP) is -3.26. The first kappa shape index (κ1) is 15.3. The number of ether oxygens (including phenoxy) is 2. The van der Waals surface area contributed by atoms with E-state index in [0.29, 0.717) is 26.4 Å². The van der Waals surface area contributed by atoms with E-state index < -0.39 is 0 Å². The smallest absolute Gasteiger partial charge is 0.382 e. The van der Waals surface area contributed by atoms with E-state index in [1.165, 1.54) is 0 Å². The molecule has 0 aliphatic rings. The summed E-state index contributed by atoms with van der Waals surface area (Å²) < 4.78 is 9.45. The summed E-state index contributed by atoms with van der Waals surface area (Å²) in [5, 5.41) is 0. The summed E-state index contributed by atoms with van der Waals surface area (Å²) in [4.78, 5) is 9.54. The number of nitrogens with one attached hydrogen (secondary N) is 1. The van der Waals surface area contributed by atoms with E-state index in [-0.39, 0.29) is 29.6 Å². The van der Waals surface area contributed by atoms with E-state index in [9.17, 15) is 0 Å². The Bertz CT molecular complexity index is 68.6. The van der Waals surface area contributed by atoms with Gasteiger partial charge in [-0.1, -0.05) is 5.64 Å². The minimum absolute atomic E-state index is 0. The monoisotopic (exact) mass is 188 g/mol. The minimum Gasteiger partial charge on any atom is -0.382 e. The van der Waals surface area contributed by atoms with E-state index in [4.69, 9.17) is 19.1 Å². The second-order valence-corrected chi connectivity index (χ2v) is 1.77. The molecular formula is C6H15NNaO4+. The van der Waals surface area contributed by atoms with Crippen LogP contribution in [0.25, 0.3) is 0 Å². The first-order chi connectivity index (χ1) is 5.41. The van der Waals surface area contributed by atoms with Crippen molar-refractivity contribution >= 4 is 0 Å². The zero-order chi connectivity index (χ0) is 8.36.